The Hall–Kier alpha value is -1.89. The minimum absolute atomic E-state index is 0.0175. The highest BCUT2D eigenvalue weighted by atomic mass is 16.6. The zero-order chi connectivity index (χ0) is 14.7. The molecular weight excluding hydrogens is 272 g/mol. The molecule has 2 aliphatic heterocycles. The van der Waals surface area contributed by atoms with Gasteiger partial charge in [-0.05, 0) is 23.8 Å². The molecule has 2 saturated heterocycles. The quantitative estimate of drug-likeness (QED) is 0.778. The molecule has 1 aromatic rings. The standard InChI is InChI=1S/C15H18N2O4/c18-12-4-1-11(2-5-12)3-6-15(19)17-8-14-13(21-10-17)7-16-9-20-14/h1-6,13-14,16,18H,7-10H2/b6-3+/t13-,14-/m1/s1. The molecule has 0 radical (unpaired) electrons. The summed E-state index contributed by atoms with van der Waals surface area (Å²) in [7, 11) is 0. The molecule has 2 aliphatic rings. The molecule has 0 spiro atoms. The number of aromatic hydroxyl groups is 1. The Morgan fingerprint density at radius 3 is 2.90 bits per heavy atom. The maximum Gasteiger partial charge on any atom is 0.248 e. The number of nitrogens with one attached hydrogen (secondary N) is 1. The SMILES string of the molecule is O=C(/C=C/c1ccc(O)cc1)N1CO[C@@H]2CNCO[C@@H]2C1. The van der Waals surface area contributed by atoms with Gasteiger partial charge in [0.25, 0.3) is 0 Å². The van der Waals surface area contributed by atoms with Crippen molar-refractivity contribution in [1.29, 1.82) is 0 Å². The molecule has 1 aromatic carbocycles. The van der Waals surface area contributed by atoms with E-state index in [9.17, 15) is 9.90 Å². The van der Waals surface area contributed by atoms with Crippen molar-refractivity contribution in [2.45, 2.75) is 12.2 Å². The number of ether oxygens (including phenoxy) is 2. The van der Waals surface area contributed by atoms with Gasteiger partial charge in [-0.15, -0.1) is 0 Å². The van der Waals surface area contributed by atoms with Crippen molar-refractivity contribution < 1.29 is 19.4 Å². The predicted octanol–water partition coefficient (Wildman–Crippen LogP) is 0.536. The molecule has 6 nitrogen and oxygen atoms in total. The molecule has 0 unspecified atom stereocenters. The van der Waals surface area contributed by atoms with Crippen LogP contribution in [0.1, 0.15) is 5.56 Å². The van der Waals surface area contributed by atoms with E-state index in [4.69, 9.17) is 9.47 Å². The van der Waals surface area contributed by atoms with Crippen LogP contribution in [0.2, 0.25) is 0 Å². The number of benzene rings is 1. The van der Waals surface area contributed by atoms with Crippen molar-refractivity contribution in [1.82, 2.24) is 10.2 Å². The smallest absolute Gasteiger partial charge is 0.248 e. The molecule has 1 amide bonds. The van der Waals surface area contributed by atoms with E-state index in [1.165, 1.54) is 6.08 Å². The van der Waals surface area contributed by atoms with Gasteiger partial charge >= 0.3 is 0 Å². The highest BCUT2D eigenvalue weighted by Crippen LogP contribution is 2.16. The van der Waals surface area contributed by atoms with Crippen molar-refractivity contribution in [3.8, 4) is 5.75 Å². The van der Waals surface area contributed by atoms with Crippen molar-refractivity contribution in [3.63, 3.8) is 0 Å². The fourth-order valence-corrected chi connectivity index (χ4v) is 2.41. The fourth-order valence-electron chi connectivity index (χ4n) is 2.41. The number of phenolic OH excluding ortho intramolecular Hbond substituents is 1. The fraction of sp³-hybridized carbons (Fsp3) is 0.400. The van der Waals surface area contributed by atoms with E-state index in [2.05, 4.69) is 5.32 Å². The number of amides is 1. The Kier molecular flexibility index (Phi) is 4.19. The first kappa shape index (κ1) is 14.1. The van der Waals surface area contributed by atoms with Crippen LogP contribution in [0.15, 0.2) is 30.3 Å². The number of hydrogen-bond acceptors (Lipinski definition) is 5. The maximum absolute atomic E-state index is 12.2. The van der Waals surface area contributed by atoms with Crippen LogP contribution in [0.5, 0.6) is 5.75 Å². The largest absolute Gasteiger partial charge is 0.508 e. The number of hydrogen-bond donors (Lipinski definition) is 2. The van der Waals surface area contributed by atoms with Crippen LogP contribution in [0, 0.1) is 0 Å². The molecule has 112 valence electrons. The molecule has 2 heterocycles. The van der Waals surface area contributed by atoms with E-state index in [1.54, 1.807) is 35.2 Å². The van der Waals surface area contributed by atoms with Crippen LogP contribution in [-0.4, -0.2) is 54.7 Å². The Balaban J connectivity index is 1.59. The van der Waals surface area contributed by atoms with Gasteiger partial charge in [0.05, 0.1) is 13.3 Å². The average Bonchev–Trinajstić information content (AvgIpc) is 2.53. The summed E-state index contributed by atoms with van der Waals surface area (Å²) in [5.74, 6) is 0.0978. The molecular formula is C15H18N2O4. The van der Waals surface area contributed by atoms with Gasteiger partial charge in [-0.25, -0.2) is 0 Å². The zero-order valence-corrected chi connectivity index (χ0v) is 11.6. The van der Waals surface area contributed by atoms with E-state index >= 15 is 0 Å². The van der Waals surface area contributed by atoms with Gasteiger partial charge in [-0.2, -0.15) is 0 Å². The summed E-state index contributed by atoms with van der Waals surface area (Å²) < 4.78 is 11.2. The summed E-state index contributed by atoms with van der Waals surface area (Å²) in [6.45, 7) is 2.09. The number of phenols is 1. The summed E-state index contributed by atoms with van der Waals surface area (Å²) in [5.41, 5.74) is 0.857. The lowest BCUT2D eigenvalue weighted by molar-refractivity contribution is -0.182. The van der Waals surface area contributed by atoms with E-state index in [0.717, 1.165) is 12.1 Å². The highest BCUT2D eigenvalue weighted by molar-refractivity contribution is 5.91. The first-order valence-electron chi connectivity index (χ1n) is 6.92. The molecule has 2 atom stereocenters. The number of carbonyl (C=O) groups is 1. The minimum Gasteiger partial charge on any atom is -0.508 e. The molecule has 0 saturated carbocycles. The third kappa shape index (κ3) is 3.41. The normalized spacial score (nSPS) is 25.8. The second-order valence-electron chi connectivity index (χ2n) is 5.12. The van der Waals surface area contributed by atoms with E-state index in [-0.39, 0.29) is 30.6 Å². The van der Waals surface area contributed by atoms with Crippen molar-refractivity contribution in [2.24, 2.45) is 0 Å². The van der Waals surface area contributed by atoms with Gasteiger partial charge in [-0.3, -0.25) is 10.1 Å². The molecule has 6 heteroatoms. The van der Waals surface area contributed by atoms with E-state index in [0.29, 0.717) is 13.3 Å². The van der Waals surface area contributed by atoms with Crippen molar-refractivity contribution in [3.05, 3.63) is 35.9 Å². The van der Waals surface area contributed by atoms with Gasteiger partial charge in [-0.1, -0.05) is 12.1 Å². The molecule has 2 fully saturated rings. The lowest BCUT2D eigenvalue weighted by Crippen LogP contribution is -2.57. The lowest BCUT2D eigenvalue weighted by Gasteiger charge is -2.40. The summed E-state index contributed by atoms with van der Waals surface area (Å²) >= 11 is 0. The lowest BCUT2D eigenvalue weighted by atomic mass is 10.1. The third-order valence-corrected chi connectivity index (χ3v) is 3.63. The van der Waals surface area contributed by atoms with Crippen LogP contribution < -0.4 is 5.32 Å². The van der Waals surface area contributed by atoms with Crippen LogP contribution in [0.25, 0.3) is 6.08 Å². The minimum atomic E-state index is -0.108. The topological polar surface area (TPSA) is 71.0 Å². The number of rotatable bonds is 2. The summed E-state index contributed by atoms with van der Waals surface area (Å²) in [6.07, 6.45) is 3.18. The average molecular weight is 290 g/mol. The molecule has 2 N–H and O–H groups in total. The van der Waals surface area contributed by atoms with Gasteiger partial charge in [0.15, 0.2) is 0 Å². The van der Waals surface area contributed by atoms with Crippen molar-refractivity contribution >= 4 is 12.0 Å². The summed E-state index contributed by atoms with van der Waals surface area (Å²) in [5, 5.41) is 12.3. The van der Waals surface area contributed by atoms with Crippen LogP contribution in [0.3, 0.4) is 0 Å². The molecule has 0 aromatic heterocycles. The predicted molar refractivity (Wildman–Crippen MR) is 76.3 cm³/mol. The molecule has 21 heavy (non-hydrogen) atoms. The zero-order valence-electron chi connectivity index (χ0n) is 11.6. The van der Waals surface area contributed by atoms with Crippen LogP contribution >= 0.6 is 0 Å². The van der Waals surface area contributed by atoms with E-state index in [1.807, 2.05) is 0 Å². The molecule has 3 rings (SSSR count). The van der Waals surface area contributed by atoms with Gasteiger partial charge < -0.3 is 19.5 Å². The second kappa shape index (κ2) is 6.26. The number of carbonyl (C=O) groups excluding carboxylic acids is 1. The Morgan fingerprint density at radius 1 is 1.29 bits per heavy atom. The summed E-state index contributed by atoms with van der Waals surface area (Å²) in [4.78, 5) is 13.8. The van der Waals surface area contributed by atoms with Crippen LogP contribution in [0.4, 0.5) is 0 Å². The van der Waals surface area contributed by atoms with Crippen LogP contribution in [-0.2, 0) is 14.3 Å². The summed E-state index contributed by atoms with van der Waals surface area (Å²) in [6, 6.07) is 6.67. The Bertz CT molecular complexity index is 529. The van der Waals surface area contributed by atoms with Gasteiger partial charge in [0.1, 0.15) is 24.7 Å². The Labute approximate surface area is 123 Å². The van der Waals surface area contributed by atoms with E-state index < -0.39 is 0 Å². The monoisotopic (exact) mass is 290 g/mol. The number of fused-ring (bicyclic) bond motifs is 1. The number of nitrogens with zero attached hydrogens (tertiary/aromatic N) is 1. The Morgan fingerprint density at radius 2 is 2.10 bits per heavy atom. The first-order valence-corrected chi connectivity index (χ1v) is 6.92. The highest BCUT2D eigenvalue weighted by Gasteiger charge is 2.34. The van der Waals surface area contributed by atoms with Gasteiger partial charge in [0.2, 0.25) is 5.91 Å². The van der Waals surface area contributed by atoms with Crippen molar-refractivity contribution in [2.75, 3.05) is 26.6 Å². The maximum atomic E-state index is 12.2. The van der Waals surface area contributed by atoms with Gasteiger partial charge in [0, 0.05) is 12.6 Å². The molecule has 0 aliphatic carbocycles. The third-order valence-electron chi connectivity index (χ3n) is 3.63. The second-order valence-corrected chi connectivity index (χ2v) is 5.12. The first-order chi connectivity index (χ1) is 10.2. The molecule has 0 bridgehead atoms.